The summed E-state index contributed by atoms with van der Waals surface area (Å²) in [6.45, 7) is 0. The second kappa shape index (κ2) is 5.06. The van der Waals surface area contributed by atoms with Crippen LogP contribution in [0.25, 0.3) is 0 Å². The predicted molar refractivity (Wildman–Crippen MR) is 75.9 cm³/mol. The smallest absolute Gasteiger partial charge is 0.150 e. The third kappa shape index (κ3) is 2.27. The predicted octanol–water partition coefficient (Wildman–Crippen LogP) is 2.97. The zero-order valence-electron chi connectivity index (χ0n) is 10.4. The molecule has 0 spiro atoms. The highest BCUT2D eigenvalue weighted by Crippen LogP contribution is 2.30. The lowest BCUT2D eigenvalue weighted by Gasteiger charge is -2.20. The third-order valence-electron chi connectivity index (χ3n) is 3.38. The number of allylic oxidation sites excluding steroid dienone is 1. The molecular formula is C16H14N2O. The molecule has 2 aromatic rings. The summed E-state index contributed by atoms with van der Waals surface area (Å²) >= 11 is 0. The van der Waals surface area contributed by atoms with Gasteiger partial charge in [-0.05, 0) is 23.8 Å². The molecule has 1 aliphatic heterocycles. The highest BCUT2D eigenvalue weighted by molar-refractivity contribution is 5.75. The number of nitrogens with zero attached hydrogens (tertiary/aromatic N) is 1. The number of benzene rings is 1. The van der Waals surface area contributed by atoms with E-state index in [0.29, 0.717) is 5.56 Å². The standard InChI is InChI=1S/C16H14N2O/c19-11-12-5-7-13(8-6-12)16(14-3-1-9-17-14)15-4-2-10-18-15/h1-11,14,16,18H. The fraction of sp³-hybridized carbons (Fsp3) is 0.125. The highest BCUT2D eigenvalue weighted by Gasteiger charge is 2.24. The Kier molecular flexibility index (Phi) is 3.11. The Labute approximate surface area is 111 Å². The molecule has 0 amide bonds. The van der Waals surface area contributed by atoms with E-state index in [1.54, 1.807) is 0 Å². The van der Waals surface area contributed by atoms with Gasteiger partial charge in [0.1, 0.15) is 6.29 Å². The van der Waals surface area contributed by atoms with Crippen LogP contribution in [0.5, 0.6) is 0 Å². The first kappa shape index (κ1) is 11.7. The Balaban J connectivity index is 2.00. The van der Waals surface area contributed by atoms with Crippen LogP contribution in [0, 0.1) is 0 Å². The molecule has 0 saturated heterocycles. The molecule has 19 heavy (non-hydrogen) atoms. The minimum Gasteiger partial charge on any atom is -0.364 e. The first-order valence-corrected chi connectivity index (χ1v) is 6.27. The summed E-state index contributed by atoms with van der Waals surface area (Å²) in [6.07, 6.45) is 8.69. The van der Waals surface area contributed by atoms with Crippen LogP contribution >= 0.6 is 0 Å². The first-order valence-electron chi connectivity index (χ1n) is 6.27. The van der Waals surface area contributed by atoms with E-state index in [0.717, 1.165) is 17.5 Å². The van der Waals surface area contributed by atoms with Gasteiger partial charge in [-0.1, -0.05) is 30.3 Å². The van der Waals surface area contributed by atoms with Crippen molar-refractivity contribution in [3.05, 3.63) is 71.6 Å². The summed E-state index contributed by atoms with van der Waals surface area (Å²) in [7, 11) is 0. The number of H-pyrrole nitrogens is 1. The van der Waals surface area contributed by atoms with Gasteiger partial charge in [0.2, 0.25) is 0 Å². The first-order chi connectivity index (χ1) is 9.38. The molecule has 0 fully saturated rings. The Hall–Kier alpha value is -2.42. The number of carbonyl (C=O) groups is 1. The molecule has 1 N–H and O–H groups in total. The Morgan fingerprint density at radius 2 is 2.05 bits per heavy atom. The van der Waals surface area contributed by atoms with Gasteiger partial charge >= 0.3 is 0 Å². The number of aromatic amines is 1. The van der Waals surface area contributed by atoms with Crippen molar-refractivity contribution in [1.82, 2.24) is 4.98 Å². The van der Waals surface area contributed by atoms with E-state index in [-0.39, 0.29) is 12.0 Å². The van der Waals surface area contributed by atoms with Gasteiger partial charge in [0.05, 0.1) is 12.0 Å². The van der Waals surface area contributed by atoms with E-state index in [2.05, 4.69) is 22.1 Å². The molecule has 3 rings (SSSR count). The van der Waals surface area contributed by atoms with Crippen LogP contribution < -0.4 is 0 Å². The normalized spacial score (nSPS) is 18.6. The summed E-state index contributed by atoms with van der Waals surface area (Å²) in [5.41, 5.74) is 2.98. The van der Waals surface area contributed by atoms with Crippen molar-refractivity contribution >= 4 is 12.5 Å². The molecule has 1 aromatic carbocycles. The maximum absolute atomic E-state index is 10.7. The molecule has 1 aliphatic rings. The minimum absolute atomic E-state index is 0.112. The van der Waals surface area contributed by atoms with Gasteiger partial charge in [0, 0.05) is 23.7 Å². The van der Waals surface area contributed by atoms with Crippen molar-refractivity contribution in [3.63, 3.8) is 0 Å². The molecule has 94 valence electrons. The average Bonchev–Trinajstić information content (AvgIpc) is 3.13. The number of aliphatic imine (C=N–C) groups is 1. The van der Waals surface area contributed by atoms with Gasteiger partial charge in [0.25, 0.3) is 0 Å². The van der Waals surface area contributed by atoms with Gasteiger partial charge in [-0.15, -0.1) is 0 Å². The third-order valence-corrected chi connectivity index (χ3v) is 3.38. The number of hydrogen-bond donors (Lipinski definition) is 1. The number of rotatable bonds is 4. The van der Waals surface area contributed by atoms with Gasteiger partial charge < -0.3 is 4.98 Å². The number of carbonyl (C=O) groups excluding carboxylic acids is 1. The topological polar surface area (TPSA) is 45.2 Å². The number of aromatic nitrogens is 1. The van der Waals surface area contributed by atoms with E-state index in [1.165, 1.54) is 0 Å². The van der Waals surface area contributed by atoms with E-state index in [4.69, 9.17) is 0 Å². The zero-order valence-corrected chi connectivity index (χ0v) is 10.4. The van der Waals surface area contributed by atoms with Crippen LogP contribution in [0.1, 0.15) is 27.5 Å². The molecule has 0 bridgehead atoms. The van der Waals surface area contributed by atoms with E-state index >= 15 is 0 Å². The highest BCUT2D eigenvalue weighted by atomic mass is 16.1. The Bertz CT molecular complexity index is 597. The zero-order chi connectivity index (χ0) is 13.1. The molecule has 2 atom stereocenters. The number of hydrogen-bond acceptors (Lipinski definition) is 2. The molecule has 1 aromatic heterocycles. The monoisotopic (exact) mass is 250 g/mol. The van der Waals surface area contributed by atoms with Crippen molar-refractivity contribution in [2.45, 2.75) is 12.0 Å². The summed E-state index contributed by atoms with van der Waals surface area (Å²) in [5.74, 6) is 0.158. The van der Waals surface area contributed by atoms with Crippen LogP contribution in [0.4, 0.5) is 0 Å². The Morgan fingerprint density at radius 1 is 1.21 bits per heavy atom. The number of nitrogens with one attached hydrogen (secondary N) is 1. The summed E-state index contributed by atoms with van der Waals surface area (Å²) in [5, 5.41) is 0. The largest absolute Gasteiger partial charge is 0.364 e. The maximum atomic E-state index is 10.7. The van der Waals surface area contributed by atoms with E-state index in [1.807, 2.05) is 48.8 Å². The summed E-state index contributed by atoms with van der Waals surface area (Å²) in [4.78, 5) is 18.5. The lowest BCUT2D eigenvalue weighted by molar-refractivity contribution is 0.112. The SMILES string of the molecule is O=Cc1ccc(C(c2ccc[nH]2)C2C=CC=N2)cc1. The molecule has 3 nitrogen and oxygen atoms in total. The fourth-order valence-electron chi connectivity index (χ4n) is 2.44. The maximum Gasteiger partial charge on any atom is 0.150 e. The fourth-order valence-corrected chi connectivity index (χ4v) is 2.44. The molecule has 0 saturated carbocycles. The van der Waals surface area contributed by atoms with E-state index < -0.39 is 0 Å². The second-order valence-electron chi connectivity index (χ2n) is 4.56. The van der Waals surface area contributed by atoms with Crippen molar-refractivity contribution in [1.29, 1.82) is 0 Å². The van der Waals surface area contributed by atoms with Crippen LogP contribution in [-0.4, -0.2) is 23.5 Å². The van der Waals surface area contributed by atoms with Crippen molar-refractivity contribution in [2.75, 3.05) is 0 Å². The quantitative estimate of drug-likeness (QED) is 0.833. The van der Waals surface area contributed by atoms with Crippen LogP contribution in [-0.2, 0) is 0 Å². The van der Waals surface area contributed by atoms with Crippen LogP contribution in [0.2, 0.25) is 0 Å². The van der Waals surface area contributed by atoms with Crippen LogP contribution in [0.3, 0.4) is 0 Å². The average molecular weight is 250 g/mol. The molecular weight excluding hydrogens is 236 g/mol. The van der Waals surface area contributed by atoms with Crippen molar-refractivity contribution in [2.24, 2.45) is 4.99 Å². The lowest BCUT2D eigenvalue weighted by Crippen LogP contribution is -2.15. The minimum atomic E-state index is 0.112. The lowest BCUT2D eigenvalue weighted by atomic mass is 9.88. The Morgan fingerprint density at radius 3 is 2.63 bits per heavy atom. The molecule has 0 aliphatic carbocycles. The van der Waals surface area contributed by atoms with E-state index in [9.17, 15) is 4.79 Å². The molecule has 0 radical (unpaired) electrons. The molecule has 2 unspecified atom stereocenters. The molecule has 2 heterocycles. The van der Waals surface area contributed by atoms with Crippen molar-refractivity contribution in [3.8, 4) is 0 Å². The number of aldehydes is 1. The van der Waals surface area contributed by atoms with Gasteiger partial charge in [0.15, 0.2) is 0 Å². The second-order valence-corrected chi connectivity index (χ2v) is 4.56. The molecule has 3 heteroatoms. The van der Waals surface area contributed by atoms with Crippen LogP contribution in [0.15, 0.2) is 59.7 Å². The van der Waals surface area contributed by atoms with Crippen molar-refractivity contribution < 1.29 is 4.79 Å². The van der Waals surface area contributed by atoms with Gasteiger partial charge in [-0.2, -0.15) is 0 Å². The summed E-state index contributed by atoms with van der Waals surface area (Å²) < 4.78 is 0. The summed E-state index contributed by atoms with van der Waals surface area (Å²) in [6, 6.07) is 11.9. The van der Waals surface area contributed by atoms with Gasteiger partial charge in [-0.3, -0.25) is 9.79 Å². The van der Waals surface area contributed by atoms with Gasteiger partial charge in [-0.25, -0.2) is 0 Å².